The largest absolute Gasteiger partial charge is 0.469 e. The molecule has 3 nitrogen and oxygen atoms in total. The Morgan fingerprint density at radius 2 is 1.95 bits per heavy atom. The first-order valence-electron chi connectivity index (χ1n) is 7.67. The van der Waals surface area contributed by atoms with E-state index >= 15 is 0 Å². The molecule has 0 radical (unpaired) electrons. The molecule has 2 rings (SSSR count). The van der Waals surface area contributed by atoms with E-state index in [0.717, 1.165) is 41.9 Å². The third kappa shape index (κ3) is 3.73. The van der Waals surface area contributed by atoms with Gasteiger partial charge in [0, 0.05) is 10.3 Å². The number of thiophene rings is 1. The molecule has 1 saturated carbocycles. The van der Waals surface area contributed by atoms with E-state index in [1.165, 1.54) is 18.4 Å². The van der Waals surface area contributed by atoms with Crippen LogP contribution in [0.2, 0.25) is 0 Å². The lowest BCUT2D eigenvalue weighted by Gasteiger charge is -2.28. The lowest BCUT2D eigenvalue weighted by Crippen LogP contribution is -2.29. The van der Waals surface area contributed by atoms with Crippen LogP contribution in [0.5, 0.6) is 0 Å². The van der Waals surface area contributed by atoms with E-state index in [2.05, 4.69) is 18.6 Å². The number of ketones is 1. The summed E-state index contributed by atoms with van der Waals surface area (Å²) in [6, 6.07) is 3.76. The third-order valence-corrected chi connectivity index (χ3v) is 5.36. The van der Waals surface area contributed by atoms with Crippen LogP contribution in [0.15, 0.2) is 12.1 Å². The molecule has 1 aromatic heterocycles. The fourth-order valence-corrected chi connectivity index (χ4v) is 4.48. The number of methoxy groups -OCH3 is 1. The molecule has 1 fully saturated rings. The Hall–Kier alpha value is -1.16. The SMILES string of the molecule is COC(=O)Cc1ccc(C(=O)C2(CC(C)C)CCCC2)s1. The van der Waals surface area contributed by atoms with Crippen LogP contribution in [0.3, 0.4) is 0 Å². The maximum atomic E-state index is 13.0. The van der Waals surface area contributed by atoms with E-state index in [1.54, 1.807) is 0 Å². The van der Waals surface area contributed by atoms with E-state index in [0.29, 0.717) is 5.92 Å². The molecular weight excluding hydrogens is 284 g/mol. The molecule has 1 aromatic rings. The molecule has 116 valence electrons. The quantitative estimate of drug-likeness (QED) is 0.583. The average Bonchev–Trinajstić information content (AvgIpc) is 3.07. The van der Waals surface area contributed by atoms with Gasteiger partial charge in [-0.15, -0.1) is 11.3 Å². The molecule has 0 N–H and O–H groups in total. The lowest BCUT2D eigenvalue weighted by molar-refractivity contribution is -0.139. The molecule has 0 atom stereocenters. The summed E-state index contributed by atoms with van der Waals surface area (Å²) in [5.41, 5.74) is -0.165. The number of rotatable bonds is 6. The topological polar surface area (TPSA) is 43.4 Å². The Kier molecular flexibility index (Phi) is 5.20. The summed E-state index contributed by atoms with van der Waals surface area (Å²) in [5, 5.41) is 0. The van der Waals surface area contributed by atoms with Crippen LogP contribution in [0.25, 0.3) is 0 Å². The zero-order chi connectivity index (χ0) is 15.5. The molecule has 1 heterocycles. The molecule has 0 aliphatic heterocycles. The van der Waals surface area contributed by atoms with Crippen molar-refractivity contribution in [3.8, 4) is 0 Å². The molecule has 0 unspecified atom stereocenters. The third-order valence-electron chi connectivity index (χ3n) is 4.27. The van der Waals surface area contributed by atoms with Crippen molar-refractivity contribution in [2.45, 2.75) is 52.4 Å². The lowest BCUT2D eigenvalue weighted by atomic mass is 9.74. The van der Waals surface area contributed by atoms with Crippen LogP contribution in [0.4, 0.5) is 0 Å². The fraction of sp³-hybridized carbons (Fsp3) is 0.647. The van der Waals surface area contributed by atoms with Crippen LogP contribution in [0.1, 0.15) is 60.5 Å². The summed E-state index contributed by atoms with van der Waals surface area (Å²) < 4.78 is 4.68. The van der Waals surface area contributed by atoms with Gasteiger partial charge in [-0.05, 0) is 37.3 Å². The molecule has 4 heteroatoms. The van der Waals surface area contributed by atoms with Crippen LogP contribution >= 0.6 is 11.3 Å². The van der Waals surface area contributed by atoms with Gasteiger partial charge in [-0.1, -0.05) is 26.7 Å². The Morgan fingerprint density at radius 1 is 1.29 bits per heavy atom. The molecule has 0 spiro atoms. The zero-order valence-corrected chi connectivity index (χ0v) is 13.9. The smallest absolute Gasteiger partial charge is 0.310 e. The van der Waals surface area contributed by atoms with Crippen molar-refractivity contribution in [1.82, 2.24) is 0 Å². The van der Waals surface area contributed by atoms with Gasteiger partial charge in [0.05, 0.1) is 18.4 Å². The molecule has 0 bridgehead atoms. The first kappa shape index (κ1) is 16.2. The number of ether oxygens (including phenoxy) is 1. The number of hydrogen-bond acceptors (Lipinski definition) is 4. The van der Waals surface area contributed by atoms with E-state index < -0.39 is 0 Å². The van der Waals surface area contributed by atoms with Crippen LogP contribution in [0, 0.1) is 11.3 Å². The molecule has 1 aliphatic rings. The van der Waals surface area contributed by atoms with Crippen LogP contribution in [-0.4, -0.2) is 18.9 Å². The maximum absolute atomic E-state index is 13.0. The van der Waals surface area contributed by atoms with Crippen LogP contribution < -0.4 is 0 Å². The summed E-state index contributed by atoms with van der Waals surface area (Å²) >= 11 is 1.45. The Balaban J connectivity index is 2.16. The number of carbonyl (C=O) groups excluding carboxylic acids is 2. The standard InChI is InChI=1S/C17H24O3S/c1-12(2)11-17(8-4-5-9-17)16(19)14-7-6-13(21-14)10-15(18)20-3/h6-7,12H,4-5,8-11H2,1-3H3. The minimum Gasteiger partial charge on any atom is -0.469 e. The minimum atomic E-state index is -0.256. The van der Waals surface area contributed by atoms with Gasteiger partial charge in [-0.2, -0.15) is 0 Å². The van der Waals surface area contributed by atoms with Crippen LogP contribution in [-0.2, 0) is 16.0 Å². The molecule has 0 amide bonds. The van der Waals surface area contributed by atoms with Crippen molar-refractivity contribution in [1.29, 1.82) is 0 Å². The van der Waals surface area contributed by atoms with Crippen molar-refractivity contribution in [2.75, 3.05) is 7.11 Å². The molecule has 0 aromatic carbocycles. The van der Waals surface area contributed by atoms with Gasteiger partial charge in [0.1, 0.15) is 0 Å². The van der Waals surface area contributed by atoms with E-state index in [4.69, 9.17) is 0 Å². The normalized spacial score (nSPS) is 17.1. The van der Waals surface area contributed by atoms with E-state index in [1.807, 2.05) is 12.1 Å². The van der Waals surface area contributed by atoms with Gasteiger partial charge in [0.2, 0.25) is 0 Å². The number of carbonyl (C=O) groups is 2. The summed E-state index contributed by atoms with van der Waals surface area (Å²) in [6.45, 7) is 4.37. The highest BCUT2D eigenvalue weighted by Gasteiger charge is 2.42. The first-order chi connectivity index (χ1) is 9.97. The highest BCUT2D eigenvalue weighted by molar-refractivity contribution is 7.14. The van der Waals surface area contributed by atoms with Crippen molar-refractivity contribution in [3.05, 3.63) is 21.9 Å². The van der Waals surface area contributed by atoms with E-state index in [9.17, 15) is 9.59 Å². The predicted octanol–water partition coefficient (Wildman–Crippen LogP) is 4.25. The predicted molar refractivity (Wildman–Crippen MR) is 84.7 cm³/mol. The molecule has 1 aliphatic carbocycles. The maximum Gasteiger partial charge on any atom is 0.310 e. The highest BCUT2D eigenvalue weighted by Crippen LogP contribution is 2.46. The fourth-order valence-electron chi connectivity index (χ4n) is 3.43. The van der Waals surface area contributed by atoms with Gasteiger partial charge in [0.25, 0.3) is 0 Å². The monoisotopic (exact) mass is 308 g/mol. The Bertz CT molecular complexity index is 510. The highest BCUT2D eigenvalue weighted by atomic mass is 32.1. The van der Waals surface area contributed by atoms with Gasteiger partial charge in [-0.3, -0.25) is 9.59 Å². The second-order valence-corrected chi connectivity index (χ2v) is 7.60. The summed E-state index contributed by atoms with van der Waals surface area (Å²) in [5.74, 6) is 0.560. The number of Topliss-reactive ketones (excluding diaryl/α,β-unsaturated/α-hetero) is 1. The van der Waals surface area contributed by atoms with Crippen molar-refractivity contribution >= 4 is 23.1 Å². The van der Waals surface area contributed by atoms with Gasteiger partial charge in [-0.25, -0.2) is 0 Å². The van der Waals surface area contributed by atoms with Gasteiger partial charge >= 0.3 is 5.97 Å². The minimum absolute atomic E-state index is 0.165. The number of hydrogen-bond donors (Lipinski definition) is 0. The van der Waals surface area contributed by atoms with Gasteiger partial charge in [0.15, 0.2) is 5.78 Å². The summed E-state index contributed by atoms with van der Waals surface area (Å²) in [4.78, 5) is 26.0. The van der Waals surface area contributed by atoms with Crippen molar-refractivity contribution in [2.24, 2.45) is 11.3 Å². The number of esters is 1. The molecule has 0 saturated heterocycles. The Labute approximate surface area is 130 Å². The van der Waals surface area contributed by atoms with Crippen molar-refractivity contribution in [3.63, 3.8) is 0 Å². The second kappa shape index (κ2) is 6.73. The second-order valence-electron chi connectivity index (χ2n) is 6.43. The molecule has 21 heavy (non-hydrogen) atoms. The zero-order valence-electron chi connectivity index (χ0n) is 13.1. The van der Waals surface area contributed by atoms with Crippen molar-refractivity contribution < 1.29 is 14.3 Å². The average molecular weight is 308 g/mol. The van der Waals surface area contributed by atoms with Gasteiger partial charge < -0.3 is 4.74 Å². The summed E-state index contributed by atoms with van der Waals surface area (Å²) in [6.07, 6.45) is 5.54. The first-order valence-corrected chi connectivity index (χ1v) is 8.49. The Morgan fingerprint density at radius 3 is 2.52 bits per heavy atom. The summed E-state index contributed by atoms with van der Waals surface area (Å²) in [7, 11) is 1.39. The molecular formula is C17H24O3S. The van der Waals surface area contributed by atoms with E-state index in [-0.39, 0.29) is 23.6 Å².